The Balaban J connectivity index is 1.59. The van der Waals surface area contributed by atoms with E-state index in [9.17, 15) is 0 Å². The largest absolute Gasteiger partial charge is 0.404 e. The average molecular weight is 380 g/mol. The molecule has 7 nitrogen and oxygen atoms in total. The summed E-state index contributed by atoms with van der Waals surface area (Å²) in [5, 5.41) is 3.15. The van der Waals surface area contributed by atoms with E-state index in [1.54, 1.807) is 6.20 Å². The Kier molecular flexibility index (Phi) is 5.09. The van der Waals surface area contributed by atoms with Crippen LogP contribution in [0.2, 0.25) is 0 Å². The fourth-order valence-electron chi connectivity index (χ4n) is 4.03. The van der Waals surface area contributed by atoms with E-state index in [1.165, 1.54) is 12.8 Å². The number of anilines is 2. The number of hydrogen-bond donors (Lipinski definition) is 3. The maximum absolute atomic E-state index is 6.13. The fraction of sp³-hybridized carbons (Fsp3) is 0.429. The molecule has 2 bridgehead atoms. The molecule has 2 unspecified atom stereocenters. The molecule has 5 N–H and O–H groups in total. The van der Waals surface area contributed by atoms with Gasteiger partial charge in [0.25, 0.3) is 0 Å². The molecule has 2 saturated heterocycles. The molecule has 0 aliphatic carbocycles. The topological polar surface area (TPSA) is 102 Å². The average Bonchev–Trinajstić information content (AvgIpc) is 2.93. The zero-order valence-corrected chi connectivity index (χ0v) is 16.4. The number of ether oxygens (including phenoxy) is 1. The normalized spacial score (nSPS) is 22.9. The zero-order chi connectivity index (χ0) is 19.7. The number of fused-ring (bicyclic) bond motifs is 3. The first-order valence-electron chi connectivity index (χ1n) is 9.84. The van der Waals surface area contributed by atoms with Gasteiger partial charge >= 0.3 is 0 Å². The molecule has 2 aromatic heterocycles. The van der Waals surface area contributed by atoms with Crippen LogP contribution in [0.3, 0.4) is 0 Å². The summed E-state index contributed by atoms with van der Waals surface area (Å²) in [4.78, 5) is 11.8. The van der Waals surface area contributed by atoms with Crippen molar-refractivity contribution in [2.75, 3.05) is 23.4 Å². The van der Waals surface area contributed by atoms with Gasteiger partial charge in [-0.3, -0.25) is 4.98 Å². The van der Waals surface area contributed by atoms with Crippen molar-refractivity contribution in [3.63, 3.8) is 0 Å². The summed E-state index contributed by atoms with van der Waals surface area (Å²) < 4.78 is 5.69. The molecule has 2 fully saturated rings. The lowest BCUT2D eigenvalue weighted by atomic mass is 10.0. The number of nitrogens with two attached hydrogens (primary N) is 2. The van der Waals surface area contributed by atoms with Gasteiger partial charge in [-0.1, -0.05) is 13.8 Å². The molecule has 4 heterocycles. The third-order valence-corrected chi connectivity index (χ3v) is 5.52. The summed E-state index contributed by atoms with van der Waals surface area (Å²) in [6, 6.07) is 6.84. The smallest absolute Gasteiger partial charge is 0.132 e. The Morgan fingerprint density at radius 1 is 1.25 bits per heavy atom. The molecule has 0 saturated carbocycles. The highest BCUT2D eigenvalue weighted by Crippen LogP contribution is 2.34. The van der Waals surface area contributed by atoms with Gasteiger partial charge in [0.05, 0.1) is 48.2 Å². The molecule has 0 amide bonds. The maximum atomic E-state index is 6.13. The minimum absolute atomic E-state index is 0.297. The molecule has 2 aliphatic rings. The highest BCUT2D eigenvalue weighted by molar-refractivity contribution is 5.80. The van der Waals surface area contributed by atoms with Gasteiger partial charge in [0.1, 0.15) is 11.6 Å². The van der Waals surface area contributed by atoms with Crippen molar-refractivity contribution >= 4 is 22.5 Å². The Morgan fingerprint density at radius 2 is 2.00 bits per heavy atom. The number of allylic oxidation sites excluding steroid dienone is 2. The van der Waals surface area contributed by atoms with Crippen LogP contribution in [-0.2, 0) is 4.74 Å². The lowest BCUT2D eigenvalue weighted by molar-refractivity contribution is 0.0906. The molecule has 2 atom stereocenters. The van der Waals surface area contributed by atoms with Gasteiger partial charge in [-0.15, -0.1) is 0 Å². The molecule has 0 aromatic carbocycles. The third kappa shape index (κ3) is 3.62. The van der Waals surface area contributed by atoms with Crippen LogP contribution < -0.4 is 21.7 Å². The Labute approximate surface area is 165 Å². The van der Waals surface area contributed by atoms with E-state index in [1.807, 2.05) is 24.4 Å². The summed E-state index contributed by atoms with van der Waals surface area (Å²) in [7, 11) is 0. The second kappa shape index (κ2) is 7.67. The number of nitrogens with one attached hydrogen (secondary N) is 1. The van der Waals surface area contributed by atoms with Crippen LogP contribution in [0.25, 0.3) is 11.0 Å². The van der Waals surface area contributed by atoms with Crippen molar-refractivity contribution in [3.8, 4) is 0 Å². The van der Waals surface area contributed by atoms with Crippen LogP contribution in [0.15, 0.2) is 48.1 Å². The number of pyridine rings is 2. The molecule has 28 heavy (non-hydrogen) atoms. The molecular formula is C21H28N6O. The minimum Gasteiger partial charge on any atom is -0.404 e. The highest BCUT2D eigenvalue weighted by Gasteiger charge is 2.37. The molecule has 0 radical (unpaired) electrons. The molecule has 2 aliphatic heterocycles. The first kappa shape index (κ1) is 18.6. The standard InChI is InChI=1S/C21H28N6O/c1-13(2)14(9-22)7-20(23)26-21-6-5-18-19(25-21)8-17(10-24-18)27-15-3-4-16(27)12-28-11-15/h5-10,13,15-16H,3-4,11-12,22-23H2,1-2H3,(H,25,26)/b14-9+,20-7+. The molecule has 2 aromatic rings. The van der Waals surface area contributed by atoms with Crippen LogP contribution >= 0.6 is 0 Å². The second-order valence-electron chi connectivity index (χ2n) is 7.80. The van der Waals surface area contributed by atoms with Crippen molar-refractivity contribution in [3.05, 3.63) is 48.1 Å². The number of rotatable bonds is 5. The number of morpholine rings is 1. The van der Waals surface area contributed by atoms with Crippen LogP contribution in [0.4, 0.5) is 11.5 Å². The molecular weight excluding hydrogens is 352 g/mol. The van der Waals surface area contributed by atoms with E-state index >= 15 is 0 Å². The van der Waals surface area contributed by atoms with Gasteiger partial charge in [-0.25, -0.2) is 4.98 Å². The van der Waals surface area contributed by atoms with Gasteiger partial charge in [0, 0.05) is 0 Å². The van der Waals surface area contributed by atoms with Gasteiger partial charge in [0.15, 0.2) is 0 Å². The summed E-state index contributed by atoms with van der Waals surface area (Å²) in [6.07, 6.45) is 7.72. The fourth-order valence-corrected chi connectivity index (χ4v) is 4.03. The van der Waals surface area contributed by atoms with Crippen molar-refractivity contribution in [1.82, 2.24) is 9.97 Å². The number of nitrogens with zero attached hydrogens (tertiary/aromatic N) is 3. The number of hydrogen-bond acceptors (Lipinski definition) is 7. The summed E-state index contributed by atoms with van der Waals surface area (Å²) in [5.74, 6) is 1.49. The highest BCUT2D eigenvalue weighted by atomic mass is 16.5. The molecule has 4 rings (SSSR count). The quantitative estimate of drug-likeness (QED) is 0.685. The van der Waals surface area contributed by atoms with Gasteiger partial charge in [-0.05, 0) is 54.8 Å². The first-order chi connectivity index (χ1) is 13.5. The Bertz CT molecular complexity index is 906. The van der Waals surface area contributed by atoms with Crippen molar-refractivity contribution in [2.24, 2.45) is 17.4 Å². The van der Waals surface area contributed by atoms with E-state index in [2.05, 4.69) is 35.1 Å². The van der Waals surface area contributed by atoms with Crippen LogP contribution in [-0.4, -0.2) is 35.3 Å². The van der Waals surface area contributed by atoms with E-state index in [0.717, 1.165) is 35.5 Å². The van der Waals surface area contributed by atoms with Gasteiger partial charge < -0.3 is 26.4 Å². The predicted octanol–water partition coefficient (Wildman–Crippen LogP) is 2.71. The molecule has 0 spiro atoms. The van der Waals surface area contributed by atoms with Gasteiger partial charge in [-0.2, -0.15) is 0 Å². The lowest BCUT2D eigenvalue weighted by Crippen LogP contribution is -2.45. The third-order valence-electron chi connectivity index (χ3n) is 5.52. The first-order valence-corrected chi connectivity index (χ1v) is 9.84. The Morgan fingerprint density at radius 3 is 2.68 bits per heavy atom. The number of aromatic nitrogens is 2. The van der Waals surface area contributed by atoms with Crippen molar-refractivity contribution in [2.45, 2.75) is 38.8 Å². The Hall–Kier alpha value is -2.80. The summed E-state index contributed by atoms with van der Waals surface area (Å²) in [5.41, 5.74) is 15.6. The van der Waals surface area contributed by atoms with Crippen LogP contribution in [0, 0.1) is 5.92 Å². The SMILES string of the molecule is CC(C)C(=C/N)/C=C(\N)Nc1ccc2ncc(N3C4CCC3COC4)cc2n1. The van der Waals surface area contributed by atoms with Crippen LogP contribution in [0.1, 0.15) is 26.7 Å². The van der Waals surface area contributed by atoms with E-state index in [0.29, 0.717) is 29.6 Å². The summed E-state index contributed by atoms with van der Waals surface area (Å²) >= 11 is 0. The minimum atomic E-state index is 0.297. The summed E-state index contributed by atoms with van der Waals surface area (Å²) in [6.45, 7) is 5.72. The second-order valence-corrected chi connectivity index (χ2v) is 7.80. The lowest BCUT2D eigenvalue weighted by Gasteiger charge is -2.36. The maximum Gasteiger partial charge on any atom is 0.132 e. The van der Waals surface area contributed by atoms with E-state index in [-0.39, 0.29) is 0 Å². The van der Waals surface area contributed by atoms with E-state index in [4.69, 9.17) is 21.2 Å². The molecule has 7 heteroatoms. The predicted molar refractivity (Wildman–Crippen MR) is 113 cm³/mol. The molecule has 148 valence electrons. The zero-order valence-electron chi connectivity index (χ0n) is 16.4. The van der Waals surface area contributed by atoms with Crippen LogP contribution in [0.5, 0.6) is 0 Å². The van der Waals surface area contributed by atoms with Crippen molar-refractivity contribution < 1.29 is 4.74 Å². The van der Waals surface area contributed by atoms with Crippen molar-refractivity contribution in [1.29, 1.82) is 0 Å². The van der Waals surface area contributed by atoms with E-state index < -0.39 is 0 Å². The van der Waals surface area contributed by atoms with Gasteiger partial charge in [0.2, 0.25) is 0 Å². The monoisotopic (exact) mass is 380 g/mol.